The minimum absolute atomic E-state index is 0.0153. The number of methoxy groups -OCH3 is 1. The fourth-order valence-corrected chi connectivity index (χ4v) is 8.42. The normalized spacial score (nSPS) is 18.6. The lowest BCUT2D eigenvalue weighted by molar-refractivity contribution is -0.307. The van der Waals surface area contributed by atoms with Crippen molar-refractivity contribution in [3.8, 4) is 11.8 Å². The van der Waals surface area contributed by atoms with Crippen LogP contribution in [0.1, 0.15) is 38.9 Å². The van der Waals surface area contributed by atoms with E-state index in [4.69, 9.17) is 42.6 Å². The standard InChI is InChI=1S/C63H62O11/c1-66-63-62(73-45-53-35-21-8-22-36-53)61(72-44-52-33-19-7-20-34-52)59(70-42-50-29-15-5-16-30-50)56(74-63)38-37-54(64)57(68-40-48-25-11-3-12-26-48)60(71-43-51-31-17-6-18-32-51)58(69-41-49-27-13-4-14-28-49)55(65)46-67-39-47-23-9-2-10-24-47/h2-36,56-63H,39-46H2,1H3/t56-,57+,58-,59-,60-,61+,62-,63+/m1/s1. The van der Waals surface area contributed by atoms with Crippen LogP contribution in [0.25, 0.3) is 0 Å². The maximum Gasteiger partial charge on any atom is 0.237 e. The number of ether oxygens (including phenoxy) is 9. The van der Waals surface area contributed by atoms with Gasteiger partial charge < -0.3 is 42.6 Å². The number of carbonyl (C=O) groups excluding carboxylic acids is 2. The third-order valence-corrected chi connectivity index (χ3v) is 12.3. The molecule has 0 radical (unpaired) electrons. The van der Waals surface area contributed by atoms with E-state index < -0.39 is 60.6 Å². The lowest BCUT2D eigenvalue weighted by Crippen LogP contribution is -2.60. The number of Topliss-reactive ketones (excluding diaryl/α,β-unsaturated/α-hetero) is 2. The first-order valence-electron chi connectivity index (χ1n) is 24.8. The van der Waals surface area contributed by atoms with Crippen LogP contribution in [-0.4, -0.2) is 74.3 Å². The molecule has 7 aromatic carbocycles. The number of rotatable bonds is 27. The second kappa shape index (κ2) is 29.1. The molecular weight excluding hydrogens is 933 g/mol. The highest BCUT2D eigenvalue weighted by Crippen LogP contribution is 2.31. The molecule has 11 heteroatoms. The van der Waals surface area contributed by atoms with E-state index in [1.807, 2.05) is 212 Å². The van der Waals surface area contributed by atoms with Crippen molar-refractivity contribution in [2.45, 2.75) is 95.3 Å². The highest BCUT2D eigenvalue weighted by atomic mass is 16.7. The van der Waals surface area contributed by atoms with E-state index in [1.54, 1.807) is 0 Å². The summed E-state index contributed by atoms with van der Waals surface area (Å²) in [6.45, 7) is 0.478. The molecule has 0 spiro atoms. The van der Waals surface area contributed by atoms with Gasteiger partial charge in [0.25, 0.3) is 0 Å². The van der Waals surface area contributed by atoms with E-state index in [0.29, 0.717) is 0 Å². The molecule has 1 aliphatic heterocycles. The van der Waals surface area contributed by atoms with Gasteiger partial charge in [0.15, 0.2) is 24.3 Å². The van der Waals surface area contributed by atoms with Gasteiger partial charge in [0.1, 0.15) is 37.1 Å². The number of ketones is 2. The monoisotopic (exact) mass is 994 g/mol. The largest absolute Gasteiger partial charge is 0.369 e. The highest BCUT2D eigenvalue weighted by Gasteiger charge is 2.49. The van der Waals surface area contributed by atoms with Gasteiger partial charge >= 0.3 is 0 Å². The Morgan fingerprint density at radius 2 is 0.784 bits per heavy atom. The van der Waals surface area contributed by atoms with E-state index in [-0.39, 0.29) is 52.9 Å². The number of carbonyl (C=O) groups is 2. The minimum atomic E-state index is -1.47. The van der Waals surface area contributed by atoms with E-state index in [1.165, 1.54) is 7.11 Å². The maximum atomic E-state index is 15.3. The van der Waals surface area contributed by atoms with Crippen LogP contribution in [0.3, 0.4) is 0 Å². The van der Waals surface area contributed by atoms with Crippen molar-refractivity contribution in [2.24, 2.45) is 0 Å². The SMILES string of the molecule is CO[C@H]1O[C@H](C#CC(=O)[C@H](OCc2ccccc2)[C@@H](OCc2ccccc2)[C@H](OCc2ccccc2)C(=O)COCc2ccccc2)[C@@H](OCc2ccccc2)[C@H](OCc2ccccc2)[C@H]1OCc1ccccc1. The summed E-state index contributed by atoms with van der Waals surface area (Å²) in [4.78, 5) is 29.9. The Kier molecular flexibility index (Phi) is 21.0. The van der Waals surface area contributed by atoms with Crippen LogP contribution in [-0.2, 0) is 98.5 Å². The van der Waals surface area contributed by atoms with Gasteiger partial charge in [-0.25, -0.2) is 0 Å². The van der Waals surface area contributed by atoms with Crippen LogP contribution in [0, 0.1) is 11.8 Å². The molecule has 1 aliphatic rings. The predicted octanol–water partition coefficient (Wildman–Crippen LogP) is 10.2. The Balaban J connectivity index is 1.16. The summed E-state index contributed by atoms with van der Waals surface area (Å²) in [7, 11) is 1.52. The lowest BCUT2D eigenvalue weighted by atomic mass is 9.96. The van der Waals surface area contributed by atoms with Gasteiger partial charge in [-0.05, 0) is 44.9 Å². The van der Waals surface area contributed by atoms with Crippen LogP contribution < -0.4 is 0 Å². The molecule has 0 unspecified atom stereocenters. The summed E-state index contributed by atoms with van der Waals surface area (Å²) in [6.07, 6.45) is -8.76. The summed E-state index contributed by atoms with van der Waals surface area (Å²) < 4.78 is 58.8. The van der Waals surface area contributed by atoms with Crippen molar-refractivity contribution in [2.75, 3.05) is 13.7 Å². The van der Waals surface area contributed by atoms with Crippen LogP contribution in [0.4, 0.5) is 0 Å². The first-order valence-corrected chi connectivity index (χ1v) is 24.8. The summed E-state index contributed by atoms with van der Waals surface area (Å²) >= 11 is 0. The molecule has 11 nitrogen and oxygen atoms in total. The Labute approximate surface area is 434 Å². The molecule has 0 N–H and O–H groups in total. The molecule has 0 bridgehead atoms. The van der Waals surface area contributed by atoms with Crippen molar-refractivity contribution in [1.29, 1.82) is 0 Å². The number of benzene rings is 7. The molecule has 8 rings (SSSR count). The van der Waals surface area contributed by atoms with Crippen molar-refractivity contribution < 1.29 is 52.2 Å². The quantitative estimate of drug-likeness (QED) is 0.0362. The van der Waals surface area contributed by atoms with Crippen LogP contribution >= 0.6 is 0 Å². The first kappa shape index (κ1) is 53.4. The minimum Gasteiger partial charge on any atom is -0.369 e. The van der Waals surface area contributed by atoms with Gasteiger partial charge in [-0.1, -0.05) is 218 Å². The van der Waals surface area contributed by atoms with E-state index >= 15 is 4.79 Å². The number of hydrogen-bond donors (Lipinski definition) is 0. The average Bonchev–Trinajstić information content (AvgIpc) is 3.46. The van der Waals surface area contributed by atoms with E-state index in [9.17, 15) is 4.79 Å². The molecule has 0 amide bonds. The smallest absolute Gasteiger partial charge is 0.237 e. The van der Waals surface area contributed by atoms with Crippen molar-refractivity contribution in [3.05, 3.63) is 251 Å². The molecule has 1 heterocycles. The molecule has 74 heavy (non-hydrogen) atoms. The van der Waals surface area contributed by atoms with Gasteiger partial charge in [-0.2, -0.15) is 0 Å². The summed E-state index contributed by atoms with van der Waals surface area (Å²) in [6, 6.07) is 67.3. The Hall–Kier alpha value is -6.92. The van der Waals surface area contributed by atoms with Crippen LogP contribution in [0.5, 0.6) is 0 Å². The average molecular weight is 995 g/mol. The topological polar surface area (TPSA) is 117 Å². The molecule has 0 aromatic heterocycles. The highest BCUT2D eigenvalue weighted by molar-refractivity contribution is 6.00. The van der Waals surface area contributed by atoms with Crippen molar-refractivity contribution >= 4 is 11.6 Å². The molecule has 380 valence electrons. The predicted molar refractivity (Wildman–Crippen MR) is 280 cm³/mol. The molecule has 1 fully saturated rings. The zero-order valence-corrected chi connectivity index (χ0v) is 41.5. The number of hydrogen-bond acceptors (Lipinski definition) is 11. The Morgan fingerprint density at radius 3 is 1.20 bits per heavy atom. The van der Waals surface area contributed by atoms with Crippen LogP contribution in [0.15, 0.2) is 212 Å². The second-order valence-corrected chi connectivity index (χ2v) is 17.7. The third-order valence-electron chi connectivity index (χ3n) is 12.3. The van der Waals surface area contributed by atoms with Gasteiger partial charge in [-0.15, -0.1) is 0 Å². The Morgan fingerprint density at radius 1 is 0.432 bits per heavy atom. The van der Waals surface area contributed by atoms with Crippen molar-refractivity contribution in [3.63, 3.8) is 0 Å². The molecule has 7 aromatic rings. The summed E-state index contributed by atoms with van der Waals surface area (Å²) in [5.74, 6) is 4.89. The van der Waals surface area contributed by atoms with Gasteiger partial charge in [-0.3, -0.25) is 9.59 Å². The fraction of sp³-hybridized carbons (Fsp3) is 0.270. The zero-order chi connectivity index (χ0) is 51.0. The van der Waals surface area contributed by atoms with Gasteiger partial charge in [0, 0.05) is 7.11 Å². The van der Waals surface area contributed by atoms with Gasteiger partial charge in [0.05, 0.1) is 46.2 Å². The summed E-state index contributed by atoms with van der Waals surface area (Å²) in [5.41, 5.74) is 6.06. The second-order valence-electron chi connectivity index (χ2n) is 17.7. The molecular formula is C63H62O11. The molecule has 8 atom stereocenters. The van der Waals surface area contributed by atoms with Gasteiger partial charge in [0.2, 0.25) is 5.78 Å². The fourth-order valence-electron chi connectivity index (χ4n) is 8.42. The van der Waals surface area contributed by atoms with Crippen molar-refractivity contribution in [1.82, 2.24) is 0 Å². The zero-order valence-electron chi connectivity index (χ0n) is 41.5. The van der Waals surface area contributed by atoms with E-state index in [2.05, 4.69) is 11.8 Å². The van der Waals surface area contributed by atoms with E-state index in [0.717, 1.165) is 38.9 Å². The molecule has 1 saturated heterocycles. The summed E-state index contributed by atoms with van der Waals surface area (Å²) in [5, 5.41) is 0. The Bertz CT molecular complexity index is 2760. The molecule has 0 aliphatic carbocycles. The first-order chi connectivity index (χ1) is 36.5. The maximum absolute atomic E-state index is 15.3. The molecule has 0 saturated carbocycles. The lowest BCUT2D eigenvalue weighted by Gasteiger charge is -2.44. The third kappa shape index (κ3) is 16.3. The van der Waals surface area contributed by atoms with Crippen LogP contribution in [0.2, 0.25) is 0 Å².